The first-order valence-corrected chi connectivity index (χ1v) is 4.90. The Balaban J connectivity index is 2.47. The molecule has 5 heteroatoms. The van der Waals surface area contributed by atoms with Crippen molar-refractivity contribution in [2.24, 2.45) is 0 Å². The number of allylic oxidation sites excluding steroid dienone is 2. The lowest BCUT2D eigenvalue weighted by Gasteiger charge is -1.92. The van der Waals surface area contributed by atoms with Crippen LogP contribution in [0.3, 0.4) is 0 Å². The fourth-order valence-corrected chi connectivity index (χ4v) is 1.50. The van der Waals surface area contributed by atoms with E-state index in [1.54, 1.807) is 12.2 Å². The molecule has 4 nitrogen and oxygen atoms in total. The van der Waals surface area contributed by atoms with Crippen molar-refractivity contribution < 1.29 is 0 Å². The molecule has 0 saturated heterocycles. The predicted octanol–water partition coefficient (Wildman–Crippen LogP) is 1.76. The van der Waals surface area contributed by atoms with Crippen LogP contribution in [-0.2, 0) is 6.42 Å². The molecule has 0 unspecified atom stereocenters. The molecule has 1 N–H and O–H groups in total. The topological polar surface area (TPSA) is 61.6 Å². The molecule has 0 saturated carbocycles. The number of anilines is 1. The Morgan fingerprint density at radius 3 is 3.14 bits per heavy atom. The lowest BCUT2D eigenvalue weighted by atomic mass is 10.4. The minimum absolute atomic E-state index is 0.654. The van der Waals surface area contributed by atoms with Crippen LogP contribution in [0.1, 0.15) is 5.01 Å². The maximum absolute atomic E-state index is 8.27. The fraction of sp³-hybridized carbons (Fsp3) is 0.222. The SMILES string of the molecule is C=CCNc1nnc(CC=CC#N)s1. The third-order valence-corrected chi connectivity index (χ3v) is 2.25. The highest BCUT2D eigenvalue weighted by Crippen LogP contribution is 2.15. The van der Waals surface area contributed by atoms with Gasteiger partial charge in [0.15, 0.2) is 0 Å². The molecule has 72 valence electrons. The van der Waals surface area contributed by atoms with E-state index in [0.29, 0.717) is 13.0 Å². The highest BCUT2D eigenvalue weighted by Gasteiger charge is 2.00. The van der Waals surface area contributed by atoms with Crippen molar-refractivity contribution in [2.45, 2.75) is 6.42 Å². The summed E-state index contributed by atoms with van der Waals surface area (Å²) in [6.45, 7) is 4.27. The van der Waals surface area contributed by atoms with Gasteiger partial charge in [0.05, 0.1) is 6.07 Å². The zero-order chi connectivity index (χ0) is 10.2. The highest BCUT2D eigenvalue weighted by atomic mass is 32.1. The van der Waals surface area contributed by atoms with Gasteiger partial charge >= 0.3 is 0 Å². The van der Waals surface area contributed by atoms with Gasteiger partial charge in [-0.1, -0.05) is 23.5 Å². The summed E-state index contributed by atoms with van der Waals surface area (Å²) >= 11 is 1.48. The second-order valence-corrected chi connectivity index (χ2v) is 3.47. The summed E-state index contributed by atoms with van der Waals surface area (Å²) in [6.07, 6.45) is 5.62. The van der Waals surface area contributed by atoms with Gasteiger partial charge in [-0.25, -0.2) is 0 Å². The third kappa shape index (κ3) is 3.37. The summed E-state index contributed by atoms with van der Waals surface area (Å²) in [4.78, 5) is 0. The van der Waals surface area contributed by atoms with Gasteiger partial charge in [-0.2, -0.15) is 5.26 Å². The first-order valence-electron chi connectivity index (χ1n) is 4.08. The van der Waals surface area contributed by atoms with Crippen molar-refractivity contribution in [1.82, 2.24) is 10.2 Å². The predicted molar refractivity (Wildman–Crippen MR) is 57.1 cm³/mol. The van der Waals surface area contributed by atoms with Crippen molar-refractivity contribution in [1.29, 1.82) is 5.26 Å². The maximum atomic E-state index is 8.27. The highest BCUT2D eigenvalue weighted by molar-refractivity contribution is 7.15. The molecular formula is C9H10N4S. The van der Waals surface area contributed by atoms with E-state index in [0.717, 1.165) is 10.1 Å². The van der Waals surface area contributed by atoms with E-state index in [1.807, 2.05) is 6.07 Å². The standard InChI is InChI=1S/C9H10N4S/c1-2-7-11-9-13-12-8(14-9)5-3-4-6-10/h2-4H,1,5,7H2,(H,11,13). The number of rotatable bonds is 5. The van der Waals surface area contributed by atoms with Crippen molar-refractivity contribution >= 4 is 16.5 Å². The number of hydrogen-bond acceptors (Lipinski definition) is 5. The summed E-state index contributed by atoms with van der Waals surface area (Å²) in [5, 5.41) is 20.9. The van der Waals surface area contributed by atoms with E-state index in [9.17, 15) is 0 Å². The van der Waals surface area contributed by atoms with Crippen LogP contribution in [0.2, 0.25) is 0 Å². The number of nitriles is 1. The van der Waals surface area contributed by atoms with E-state index < -0.39 is 0 Å². The molecule has 1 aromatic rings. The molecule has 0 amide bonds. The Bertz CT molecular complexity index is 361. The molecule has 0 aliphatic carbocycles. The largest absolute Gasteiger partial charge is 0.357 e. The van der Waals surface area contributed by atoms with Crippen LogP contribution in [0.15, 0.2) is 24.8 Å². The second kappa shape index (κ2) is 5.89. The minimum Gasteiger partial charge on any atom is -0.357 e. The minimum atomic E-state index is 0.654. The number of aromatic nitrogens is 2. The number of nitrogens with one attached hydrogen (secondary N) is 1. The second-order valence-electron chi connectivity index (χ2n) is 2.41. The normalized spacial score (nSPS) is 9.93. The Morgan fingerprint density at radius 2 is 2.43 bits per heavy atom. The Kier molecular flexibility index (Phi) is 4.38. The molecular weight excluding hydrogens is 196 g/mol. The Hall–Kier alpha value is -1.67. The van der Waals surface area contributed by atoms with Gasteiger partial charge < -0.3 is 5.32 Å². The summed E-state index contributed by atoms with van der Waals surface area (Å²) in [7, 11) is 0. The molecule has 0 bridgehead atoms. The average molecular weight is 206 g/mol. The van der Waals surface area contributed by atoms with Gasteiger partial charge in [0.1, 0.15) is 5.01 Å². The summed E-state index contributed by atoms with van der Waals surface area (Å²) in [5.41, 5.74) is 0. The van der Waals surface area contributed by atoms with Crippen LogP contribution in [0.4, 0.5) is 5.13 Å². The van der Waals surface area contributed by atoms with Gasteiger partial charge in [0, 0.05) is 19.0 Å². The lowest BCUT2D eigenvalue weighted by molar-refractivity contribution is 1.01. The van der Waals surface area contributed by atoms with Crippen molar-refractivity contribution in [3.05, 3.63) is 29.8 Å². The molecule has 0 aliphatic rings. The summed E-state index contributed by atoms with van der Waals surface area (Å²) in [6, 6.07) is 1.93. The summed E-state index contributed by atoms with van der Waals surface area (Å²) < 4.78 is 0. The van der Waals surface area contributed by atoms with Crippen LogP contribution < -0.4 is 5.32 Å². The van der Waals surface area contributed by atoms with Gasteiger partial charge in [0.2, 0.25) is 5.13 Å². The molecule has 1 heterocycles. The van der Waals surface area contributed by atoms with Gasteiger partial charge in [0.25, 0.3) is 0 Å². The molecule has 1 rings (SSSR count). The lowest BCUT2D eigenvalue weighted by Crippen LogP contribution is -1.96. The first kappa shape index (κ1) is 10.4. The molecule has 0 aliphatic heterocycles. The number of hydrogen-bond donors (Lipinski definition) is 1. The van der Waals surface area contributed by atoms with Crippen molar-refractivity contribution in [3.63, 3.8) is 0 Å². The quantitative estimate of drug-likeness (QED) is 0.589. The molecule has 14 heavy (non-hydrogen) atoms. The van der Waals surface area contributed by atoms with E-state index in [2.05, 4.69) is 22.1 Å². The van der Waals surface area contributed by atoms with E-state index in [1.165, 1.54) is 17.4 Å². The average Bonchev–Trinajstić information content (AvgIpc) is 2.63. The molecule has 0 spiro atoms. The van der Waals surface area contributed by atoms with Crippen LogP contribution >= 0.6 is 11.3 Å². The van der Waals surface area contributed by atoms with E-state index in [-0.39, 0.29) is 0 Å². The maximum Gasteiger partial charge on any atom is 0.205 e. The van der Waals surface area contributed by atoms with Crippen LogP contribution in [0.5, 0.6) is 0 Å². The first-order chi connectivity index (χ1) is 6.86. The van der Waals surface area contributed by atoms with Crippen LogP contribution in [0.25, 0.3) is 0 Å². The molecule has 1 aromatic heterocycles. The zero-order valence-corrected chi connectivity index (χ0v) is 8.42. The van der Waals surface area contributed by atoms with Crippen molar-refractivity contribution in [2.75, 3.05) is 11.9 Å². The molecule has 0 aromatic carbocycles. The number of nitrogens with zero attached hydrogens (tertiary/aromatic N) is 3. The Morgan fingerprint density at radius 1 is 1.57 bits per heavy atom. The van der Waals surface area contributed by atoms with Crippen LogP contribution in [-0.4, -0.2) is 16.7 Å². The van der Waals surface area contributed by atoms with E-state index >= 15 is 0 Å². The van der Waals surface area contributed by atoms with Gasteiger partial charge in [-0.15, -0.1) is 16.8 Å². The van der Waals surface area contributed by atoms with Gasteiger partial charge in [-0.3, -0.25) is 0 Å². The fourth-order valence-electron chi connectivity index (χ4n) is 0.779. The summed E-state index contributed by atoms with van der Waals surface area (Å²) in [5.74, 6) is 0. The molecule has 0 fully saturated rings. The smallest absolute Gasteiger partial charge is 0.205 e. The zero-order valence-electron chi connectivity index (χ0n) is 7.60. The van der Waals surface area contributed by atoms with Crippen LogP contribution in [0, 0.1) is 11.3 Å². The van der Waals surface area contributed by atoms with Gasteiger partial charge in [-0.05, 0) is 0 Å². The third-order valence-electron chi connectivity index (χ3n) is 1.35. The Labute approximate surface area is 86.6 Å². The van der Waals surface area contributed by atoms with Crippen molar-refractivity contribution in [3.8, 4) is 6.07 Å². The van der Waals surface area contributed by atoms with E-state index in [4.69, 9.17) is 5.26 Å². The molecule has 0 atom stereocenters. The molecule has 0 radical (unpaired) electrons. The monoisotopic (exact) mass is 206 g/mol.